The zero-order valence-electron chi connectivity index (χ0n) is 13.8. The molecule has 0 amide bonds. The second kappa shape index (κ2) is 7.14. The van der Waals surface area contributed by atoms with E-state index in [1.54, 1.807) is 7.11 Å². The van der Waals surface area contributed by atoms with E-state index in [0.717, 1.165) is 22.8 Å². The molecule has 1 atom stereocenters. The van der Waals surface area contributed by atoms with Gasteiger partial charge in [0.1, 0.15) is 11.6 Å². The first-order valence-electron chi connectivity index (χ1n) is 7.77. The number of benzene rings is 2. The topological polar surface area (TPSA) is 88.8 Å². The van der Waals surface area contributed by atoms with Crippen LogP contribution in [0, 0.1) is 6.92 Å². The van der Waals surface area contributed by atoms with Gasteiger partial charge in [-0.05, 0) is 36.8 Å². The number of hydrogen-bond acceptors (Lipinski definition) is 5. The van der Waals surface area contributed by atoms with Gasteiger partial charge in [-0.1, -0.05) is 29.8 Å². The third kappa shape index (κ3) is 3.72. The summed E-state index contributed by atoms with van der Waals surface area (Å²) in [5.41, 5.74) is 9.42. The number of nitrogens with zero attached hydrogens (tertiary/aromatic N) is 2. The molecule has 24 heavy (non-hydrogen) atoms. The SMILES string of the molecule is COc1ccc(NCc2nc([C@@H](N)c3ccc(C)cc3)n[nH]2)cc1. The van der Waals surface area contributed by atoms with Crippen LogP contribution >= 0.6 is 0 Å². The van der Waals surface area contributed by atoms with Crippen LogP contribution < -0.4 is 15.8 Å². The van der Waals surface area contributed by atoms with Crippen LogP contribution in [0.4, 0.5) is 5.69 Å². The molecule has 0 spiro atoms. The highest BCUT2D eigenvalue weighted by molar-refractivity contribution is 5.46. The third-order valence-electron chi connectivity index (χ3n) is 3.81. The van der Waals surface area contributed by atoms with Crippen LogP contribution in [0.2, 0.25) is 0 Å². The Kier molecular flexibility index (Phi) is 4.77. The largest absolute Gasteiger partial charge is 0.497 e. The lowest BCUT2D eigenvalue weighted by Gasteiger charge is -2.08. The number of aryl methyl sites for hydroxylation is 1. The summed E-state index contributed by atoms with van der Waals surface area (Å²) in [7, 11) is 1.65. The van der Waals surface area contributed by atoms with Crippen molar-refractivity contribution in [3.8, 4) is 5.75 Å². The molecule has 4 N–H and O–H groups in total. The molecule has 0 saturated carbocycles. The highest BCUT2D eigenvalue weighted by Gasteiger charge is 2.14. The molecule has 3 aromatic rings. The summed E-state index contributed by atoms with van der Waals surface area (Å²) in [6, 6.07) is 15.5. The van der Waals surface area contributed by atoms with Crippen LogP contribution in [0.5, 0.6) is 5.75 Å². The van der Waals surface area contributed by atoms with Crippen molar-refractivity contribution in [3.63, 3.8) is 0 Å². The molecule has 0 saturated heterocycles. The predicted octanol–water partition coefficient (Wildman–Crippen LogP) is 2.78. The summed E-state index contributed by atoms with van der Waals surface area (Å²) >= 11 is 0. The molecule has 0 aliphatic carbocycles. The molecule has 0 bridgehead atoms. The van der Waals surface area contributed by atoms with Crippen molar-refractivity contribution in [3.05, 3.63) is 71.3 Å². The van der Waals surface area contributed by atoms with Gasteiger partial charge in [0, 0.05) is 5.69 Å². The van der Waals surface area contributed by atoms with E-state index in [0.29, 0.717) is 12.4 Å². The second-order valence-corrected chi connectivity index (χ2v) is 5.61. The summed E-state index contributed by atoms with van der Waals surface area (Å²) in [6.45, 7) is 2.59. The molecule has 6 heteroatoms. The summed E-state index contributed by atoms with van der Waals surface area (Å²) < 4.78 is 5.14. The number of ether oxygens (including phenoxy) is 1. The number of hydrogen-bond donors (Lipinski definition) is 3. The highest BCUT2D eigenvalue weighted by atomic mass is 16.5. The zero-order chi connectivity index (χ0) is 16.9. The Morgan fingerprint density at radius 1 is 1.12 bits per heavy atom. The summed E-state index contributed by atoms with van der Waals surface area (Å²) in [6.07, 6.45) is 0. The number of methoxy groups -OCH3 is 1. The number of aromatic amines is 1. The number of aromatic nitrogens is 3. The van der Waals surface area contributed by atoms with Crippen LogP contribution in [0.15, 0.2) is 48.5 Å². The van der Waals surface area contributed by atoms with Crippen molar-refractivity contribution in [1.82, 2.24) is 15.2 Å². The average Bonchev–Trinajstić information content (AvgIpc) is 3.09. The molecule has 1 heterocycles. The van der Waals surface area contributed by atoms with E-state index >= 15 is 0 Å². The monoisotopic (exact) mass is 323 g/mol. The van der Waals surface area contributed by atoms with E-state index < -0.39 is 0 Å². The van der Waals surface area contributed by atoms with Gasteiger partial charge in [0.05, 0.1) is 19.7 Å². The van der Waals surface area contributed by atoms with E-state index in [1.807, 2.05) is 55.5 Å². The van der Waals surface area contributed by atoms with Crippen molar-refractivity contribution < 1.29 is 4.74 Å². The highest BCUT2D eigenvalue weighted by Crippen LogP contribution is 2.18. The molecule has 6 nitrogen and oxygen atoms in total. The maximum Gasteiger partial charge on any atom is 0.171 e. The van der Waals surface area contributed by atoms with Crippen molar-refractivity contribution >= 4 is 5.69 Å². The van der Waals surface area contributed by atoms with Crippen LogP contribution in [-0.2, 0) is 6.54 Å². The Morgan fingerprint density at radius 2 is 1.83 bits per heavy atom. The predicted molar refractivity (Wildman–Crippen MR) is 93.9 cm³/mol. The van der Waals surface area contributed by atoms with Crippen LogP contribution in [0.25, 0.3) is 0 Å². The molecule has 2 aromatic carbocycles. The molecule has 1 aromatic heterocycles. The molecular formula is C18H21N5O. The van der Waals surface area contributed by atoms with E-state index in [4.69, 9.17) is 10.5 Å². The van der Waals surface area contributed by atoms with Crippen LogP contribution in [-0.4, -0.2) is 22.3 Å². The molecule has 0 radical (unpaired) electrons. The summed E-state index contributed by atoms with van der Waals surface area (Å²) in [5.74, 6) is 2.15. The van der Waals surface area contributed by atoms with Crippen LogP contribution in [0.3, 0.4) is 0 Å². The maximum absolute atomic E-state index is 6.24. The van der Waals surface area contributed by atoms with Crippen molar-refractivity contribution in [2.24, 2.45) is 5.73 Å². The number of H-pyrrole nitrogens is 1. The van der Waals surface area contributed by atoms with Gasteiger partial charge in [-0.25, -0.2) is 4.98 Å². The first-order valence-corrected chi connectivity index (χ1v) is 7.77. The molecule has 0 aliphatic rings. The fraction of sp³-hybridized carbons (Fsp3) is 0.222. The zero-order valence-corrected chi connectivity index (χ0v) is 13.8. The molecular weight excluding hydrogens is 302 g/mol. The van der Waals surface area contributed by atoms with Gasteiger partial charge in [-0.2, -0.15) is 5.10 Å². The molecule has 0 aliphatic heterocycles. The quantitative estimate of drug-likeness (QED) is 0.649. The minimum atomic E-state index is -0.336. The number of nitrogens with one attached hydrogen (secondary N) is 2. The molecule has 124 valence electrons. The van der Waals surface area contributed by atoms with Gasteiger partial charge < -0.3 is 15.8 Å². The smallest absolute Gasteiger partial charge is 0.171 e. The van der Waals surface area contributed by atoms with Crippen molar-refractivity contribution in [2.45, 2.75) is 19.5 Å². The minimum Gasteiger partial charge on any atom is -0.497 e. The second-order valence-electron chi connectivity index (χ2n) is 5.61. The molecule has 0 unspecified atom stereocenters. The van der Waals surface area contributed by atoms with Gasteiger partial charge >= 0.3 is 0 Å². The first-order chi connectivity index (χ1) is 11.7. The summed E-state index contributed by atoms with van der Waals surface area (Å²) in [4.78, 5) is 4.48. The first kappa shape index (κ1) is 16.0. The van der Waals surface area contributed by atoms with E-state index in [2.05, 4.69) is 20.5 Å². The summed E-state index contributed by atoms with van der Waals surface area (Å²) in [5, 5.41) is 10.4. The lowest BCUT2D eigenvalue weighted by Crippen LogP contribution is -2.13. The number of rotatable bonds is 6. The Labute approximate surface area is 141 Å². The Hall–Kier alpha value is -2.86. The van der Waals surface area contributed by atoms with Gasteiger partial charge in [0.25, 0.3) is 0 Å². The van der Waals surface area contributed by atoms with Gasteiger partial charge in [0.2, 0.25) is 0 Å². The van der Waals surface area contributed by atoms with Crippen molar-refractivity contribution in [1.29, 1.82) is 0 Å². The number of nitrogens with two attached hydrogens (primary N) is 1. The molecule has 3 rings (SSSR count). The van der Waals surface area contributed by atoms with E-state index in [9.17, 15) is 0 Å². The minimum absolute atomic E-state index is 0.336. The molecule has 0 fully saturated rings. The normalized spacial score (nSPS) is 12.0. The fourth-order valence-electron chi connectivity index (χ4n) is 2.35. The number of anilines is 1. The maximum atomic E-state index is 6.24. The average molecular weight is 323 g/mol. The van der Waals surface area contributed by atoms with Gasteiger partial charge in [0.15, 0.2) is 5.82 Å². The van der Waals surface area contributed by atoms with Gasteiger partial charge in [-0.15, -0.1) is 0 Å². The Morgan fingerprint density at radius 3 is 2.50 bits per heavy atom. The Bertz CT molecular complexity index is 780. The van der Waals surface area contributed by atoms with Gasteiger partial charge in [-0.3, -0.25) is 5.10 Å². The van der Waals surface area contributed by atoms with E-state index in [-0.39, 0.29) is 6.04 Å². The lowest BCUT2D eigenvalue weighted by molar-refractivity contribution is 0.415. The lowest BCUT2D eigenvalue weighted by atomic mass is 10.1. The standard InChI is InChI=1S/C18H21N5O/c1-12-3-5-13(6-4-12)17(19)18-21-16(22-23-18)11-20-14-7-9-15(24-2)10-8-14/h3-10,17,20H,11,19H2,1-2H3,(H,21,22,23)/t17-/m0/s1. The van der Waals surface area contributed by atoms with Crippen molar-refractivity contribution in [2.75, 3.05) is 12.4 Å². The third-order valence-corrected chi connectivity index (χ3v) is 3.81. The van der Waals surface area contributed by atoms with E-state index in [1.165, 1.54) is 5.56 Å². The van der Waals surface area contributed by atoms with Crippen LogP contribution in [0.1, 0.15) is 28.8 Å². The fourth-order valence-corrected chi connectivity index (χ4v) is 2.35. The Balaban J connectivity index is 1.63.